The van der Waals surface area contributed by atoms with Crippen molar-refractivity contribution in [2.75, 3.05) is 5.32 Å². The van der Waals surface area contributed by atoms with Crippen LogP contribution in [-0.2, 0) is 10.2 Å². The third-order valence-electron chi connectivity index (χ3n) is 7.30. The first-order valence-corrected chi connectivity index (χ1v) is 12.5. The van der Waals surface area contributed by atoms with Crippen molar-refractivity contribution in [3.63, 3.8) is 0 Å². The number of fused-ring (bicyclic) bond motifs is 1. The van der Waals surface area contributed by atoms with Gasteiger partial charge in [0.15, 0.2) is 0 Å². The molecule has 7 heteroatoms. The molecule has 1 saturated carbocycles. The van der Waals surface area contributed by atoms with Gasteiger partial charge in [0.05, 0.1) is 22.6 Å². The zero-order valence-corrected chi connectivity index (χ0v) is 21.2. The molecule has 0 bridgehead atoms. The number of ketones is 1. The van der Waals surface area contributed by atoms with Crippen molar-refractivity contribution >= 4 is 28.3 Å². The number of rotatable bonds is 6. The number of nitrogens with zero attached hydrogens (tertiary/aromatic N) is 2. The van der Waals surface area contributed by atoms with E-state index in [0.717, 1.165) is 59.3 Å². The zero-order chi connectivity index (χ0) is 26.9. The second-order valence-corrected chi connectivity index (χ2v) is 9.77. The van der Waals surface area contributed by atoms with Crippen molar-refractivity contribution < 1.29 is 18.7 Å². The topological polar surface area (TPSA) is 92.1 Å². The average Bonchev–Trinajstić information content (AvgIpc) is 3.40. The predicted octanol–water partition coefficient (Wildman–Crippen LogP) is 6.94. The van der Waals surface area contributed by atoms with E-state index in [0.29, 0.717) is 11.4 Å². The van der Waals surface area contributed by atoms with Crippen LogP contribution in [0.4, 0.5) is 10.1 Å². The Kier molecular flexibility index (Phi) is 6.64. The molecule has 1 fully saturated rings. The minimum Gasteiger partial charge on any atom is -0.456 e. The summed E-state index contributed by atoms with van der Waals surface area (Å²) in [6.45, 7) is 3.99. The molecule has 0 spiro atoms. The molecule has 5 rings (SSSR count). The molecule has 1 aliphatic rings. The number of aryl methyl sites for hydroxylation is 2. The molecule has 0 radical (unpaired) electrons. The quantitative estimate of drug-likeness (QED) is 0.225. The summed E-state index contributed by atoms with van der Waals surface area (Å²) < 4.78 is 20.8. The Morgan fingerprint density at radius 1 is 1.00 bits per heavy atom. The van der Waals surface area contributed by atoms with E-state index in [9.17, 15) is 19.2 Å². The molecule has 0 unspecified atom stereocenters. The lowest BCUT2D eigenvalue weighted by Gasteiger charge is -2.20. The number of hydrogen-bond donors (Lipinski definition) is 1. The number of pyridine rings is 1. The highest BCUT2D eigenvalue weighted by atomic mass is 19.1. The van der Waals surface area contributed by atoms with Crippen molar-refractivity contribution in [2.24, 2.45) is 0 Å². The van der Waals surface area contributed by atoms with Crippen LogP contribution in [0.2, 0.25) is 0 Å². The maximum absolute atomic E-state index is 14.9. The summed E-state index contributed by atoms with van der Waals surface area (Å²) in [5.41, 5.74) is 3.38. The van der Waals surface area contributed by atoms with Gasteiger partial charge in [0.1, 0.15) is 17.3 Å². The molecule has 1 aliphatic carbocycles. The molecule has 1 N–H and O–H groups in total. The zero-order valence-electron chi connectivity index (χ0n) is 21.2. The second-order valence-electron chi connectivity index (χ2n) is 9.77. The molecular weight excluding hydrogens is 481 g/mol. The average molecular weight is 508 g/mol. The van der Waals surface area contributed by atoms with E-state index in [1.54, 1.807) is 36.5 Å². The van der Waals surface area contributed by atoms with E-state index < -0.39 is 22.9 Å². The van der Waals surface area contributed by atoms with Gasteiger partial charge >= 0.3 is 0 Å². The predicted molar refractivity (Wildman–Crippen MR) is 143 cm³/mol. The van der Waals surface area contributed by atoms with Crippen molar-refractivity contribution in [1.29, 1.82) is 5.26 Å². The van der Waals surface area contributed by atoms with Gasteiger partial charge in [0.25, 0.3) is 11.7 Å². The molecule has 1 aromatic heterocycles. The van der Waals surface area contributed by atoms with Crippen LogP contribution in [0.5, 0.6) is 11.5 Å². The second kappa shape index (κ2) is 10.1. The molecule has 190 valence electrons. The number of halogens is 1. The van der Waals surface area contributed by atoms with E-state index in [1.807, 2.05) is 26.0 Å². The Labute approximate surface area is 220 Å². The fraction of sp³-hybridized carbons (Fsp3) is 0.226. The highest BCUT2D eigenvalue weighted by molar-refractivity contribution is 6.46. The van der Waals surface area contributed by atoms with Gasteiger partial charge < -0.3 is 10.1 Å². The summed E-state index contributed by atoms with van der Waals surface area (Å²) in [7, 11) is 0. The first-order valence-electron chi connectivity index (χ1n) is 12.5. The first kappa shape index (κ1) is 25.1. The number of nitriles is 1. The van der Waals surface area contributed by atoms with E-state index in [-0.39, 0.29) is 11.3 Å². The highest BCUT2D eigenvalue weighted by Gasteiger charge is 2.35. The van der Waals surface area contributed by atoms with Gasteiger partial charge in [0.2, 0.25) is 0 Å². The molecule has 3 aromatic carbocycles. The Hall–Kier alpha value is -4.57. The van der Waals surface area contributed by atoms with Crippen LogP contribution in [0.1, 0.15) is 52.7 Å². The van der Waals surface area contributed by atoms with Crippen LogP contribution in [0.25, 0.3) is 10.9 Å². The standard InChI is InChI=1S/C31H26FN3O3/c1-19-15-25-27(16-20(19)2)34-14-11-28(25)38-23-9-10-24(26(32)17-23)29(36)30(37)35-22-7-5-21(6-8-22)31(18-33)12-3-4-13-31/h5-11,14-17H,3-4,12-13H2,1-2H3,(H,35,37). The van der Waals surface area contributed by atoms with Gasteiger partial charge in [-0.2, -0.15) is 5.26 Å². The number of benzene rings is 3. The number of anilines is 1. The van der Waals surface area contributed by atoms with Crippen molar-refractivity contribution in [3.8, 4) is 17.6 Å². The number of aromatic nitrogens is 1. The summed E-state index contributed by atoms with van der Waals surface area (Å²) in [5.74, 6) is -2.11. The van der Waals surface area contributed by atoms with Gasteiger partial charge in [0, 0.05) is 23.3 Å². The van der Waals surface area contributed by atoms with Gasteiger partial charge in [-0.1, -0.05) is 25.0 Å². The summed E-state index contributed by atoms with van der Waals surface area (Å²) in [6, 6.07) is 18.8. The van der Waals surface area contributed by atoms with E-state index >= 15 is 0 Å². The van der Waals surface area contributed by atoms with Crippen molar-refractivity contribution in [1.82, 2.24) is 4.98 Å². The van der Waals surface area contributed by atoms with Gasteiger partial charge in [-0.15, -0.1) is 0 Å². The van der Waals surface area contributed by atoms with Gasteiger partial charge in [-0.25, -0.2) is 4.39 Å². The number of hydrogen-bond acceptors (Lipinski definition) is 5. The molecule has 38 heavy (non-hydrogen) atoms. The van der Waals surface area contributed by atoms with Crippen LogP contribution in [0.15, 0.2) is 66.9 Å². The first-order chi connectivity index (χ1) is 18.3. The largest absolute Gasteiger partial charge is 0.456 e. The van der Waals surface area contributed by atoms with E-state index in [2.05, 4.69) is 16.4 Å². The van der Waals surface area contributed by atoms with Gasteiger partial charge in [-0.3, -0.25) is 14.6 Å². The number of nitrogens with one attached hydrogen (secondary N) is 1. The summed E-state index contributed by atoms with van der Waals surface area (Å²) in [4.78, 5) is 29.7. The molecule has 6 nitrogen and oxygen atoms in total. The third kappa shape index (κ3) is 4.73. The minimum absolute atomic E-state index is 0.194. The molecule has 0 aliphatic heterocycles. The fourth-order valence-electron chi connectivity index (χ4n) is 4.97. The monoisotopic (exact) mass is 507 g/mol. The lowest BCUT2D eigenvalue weighted by atomic mass is 9.80. The smallest absolute Gasteiger partial charge is 0.296 e. The molecule has 0 saturated heterocycles. The van der Waals surface area contributed by atoms with Crippen LogP contribution >= 0.6 is 0 Å². The lowest BCUT2D eigenvalue weighted by molar-refractivity contribution is -0.112. The summed E-state index contributed by atoms with van der Waals surface area (Å²) in [5, 5.41) is 13.0. The number of Topliss-reactive ketones (excluding diaryl/α,β-unsaturated/α-hetero) is 1. The highest BCUT2D eigenvalue weighted by Crippen LogP contribution is 2.40. The summed E-state index contributed by atoms with van der Waals surface area (Å²) in [6.07, 6.45) is 5.25. The number of ether oxygens (including phenoxy) is 1. The normalized spacial score (nSPS) is 14.2. The SMILES string of the molecule is Cc1cc2nccc(Oc3ccc(C(=O)C(=O)Nc4ccc(C5(C#N)CCCC5)cc4)c(F)c3)c2cc1C. The van der Waals surface area contributed by atoms with Crippen LogP contribution in [0.3, 0.4) is 0 Å². The fourth-order valence-corrected chi connectivity index (χ4v) is 4.97. The van der Waals surface area contributed by atoms with Crippen LogP contribution in [0, 0.1) is 31.0 Å². The third-order valence-corrected chi connectivity index (χ3v) is 7.30. The van der Waals surface area contributed by atoms with Gasteiger partial charge in [-0.05, 0) is 85.8 Å². The maximum atomic E-state index is 14.9. The molecular formula is C31H26FN3O3. The van der Waals surface area contributed by atoms with Crippen LogP contribution < -0.4 is 10.1 Å². The Bertz CT molecular complexity index is 1600. The number of carbonyl (C=O) groups excluding carboxylic acids is 2. The minimum atomic E-state index is -0.997. The number of amides is 1. The lowest BCUT2D eigenvalue weighted by Crippen LogP contribution is -2.24. The van der Waals surface area contributed by atoms with Crippen LogP contribution in [-0.4, -0.2) is 16.7 Å². The molecule has 1 amide bonds. The van der Waals surface area contributed by atoms with E-state index in [4.69, 9.17) is 4.74 Å². The summed E-state index contributed by atoms with van der Waals surface area (Å²) >= 11 is 0. The van der Waals surface area contributed by atoms with E-state index in [1.165, 1.54) is 12.1 Å². The number of carbonyl (C=O) groups is 2. The molecule has 0 atom stereocenters. The Balaban J connectivity index is 1.30. The maximum Gasteiger partial charge on any atom is 0.296 e. The Morgan fingerprint density at radius 2 is 1.71 bits per heavy atom. The Morgan fingerprint density at radius 3 is 2.39 bits per heavy atom. The molecule has 1 heterocycles. The van der Waals surface area contributed by atoms with Crippen molar-refractivity contribution in [2.45, 2.75) is 44.9 Å². The molecule has 4 aromatic rings. The van der Waals surface area contributed by atoms with Crippen molar-refractivity contribution in [3.05, 3.63) is 94.9 Å².